The predicted octanol–water partition coefficient (Wildman–Crippen LogP) is 0.869. The number of rotatable bonds is 4. The molecule has 1 aromatic rings. The number of nitrogens with zero attached hydrogens (tertiary/aromatic N) is 1. The topological polar surface area (TPSA) is 71.2 Å². The first-order valence-corrected chi connectivity index (χ1v) is 5.09. The highest BCUT2D eigenvalue weighted by Gasteiger charge is 2.25. The summed E-state index contributed by atoms with van der Waals surface area (Å²) in [6.45, 7) is 6.25. The van der Waals surface area contributed by atoms with Crippen LogP contribution in [-0.4, -0.2) is 22.7 Å². The fourth-order valence-corrected chi connectivity index (χ4v) is 1.35. The second-order valence-electron chi connectivity index (χ2n) is 4.27. The molecule has 0 spiro atoms. The standard InChI is InChI=1S/C11H19N3O/c1-8(2)14-7-11(3,15)9-6-13-5-4-10(9)12/h4-6,8,14-15H,7H2,1-3H3,(H2,12,13). The Morgan fingerprint density at radius 1 is 1.60 bits per heavy atom. The van der Waals surface area contributed by atoms with Crippen molar-refractivity contribution in [2.45, 2.75) is 32.4 Å². The maximum Gasteiger partial charge on any atom is 0.103 e. The summed E-state index contributed by atoms with van der Waals surface area (Å²) in [4.78, 5) is 3.97. The van der Waals surface area contributed by atoms with Gasteiger partial charge >= 0.3 is 0 Å². The highest BCUT2D eigenvalue weighted by atomic mass is 16.3. The Bertz CT molecular complexity index is 323. The lowest BCUT2D eigenvalue weighted by Gasteiger charge is -2.26. The molecule has 4 N–H and O–H groups in total. The molecule has 1 aromatic heterocycles. The Morgan fingerprint density at radius 3 is 2.80 bits per heavy atom. The van der Waals surface area contributed by atoms with Gasteiger partial charge in [-0.05, 0) is 13.0 Å². The SMILES string of the molecule is CC(C)NCC(C)(O)c1cnccc1N. The summed E-state index contributed by atoms with van der Waals surface area (Å²) in [6.07, 6.45) is 3.22. The van der Waals surface area contributed by atoms with Crippen LogP contribution in [0, 0.1) is 0 Å². The van der Waals surface area contributed by atoms with E-state index in [-0.39, 0.29) is 0 Å². The number of aromatic nitrogens is 1. The molecule has 0 bridgehead atoms. The molecule has 1 unspecified atom stereocenters. The summed E-state index contributed by atoms with van der Waals surface area (Å²) in [5.41, 5.74) is 6.04. The van der Waals surface area contributed by atoms with Gasteiger partial charge in [-0.3, -0.25) is 4.98 Å². The zero-order valence-corrected chi connectivity index (χ0v) is 9.49. The lowest BCUT2D eigenvalue weighted by Crippen LogP contribution is -2.39. The quantitative estimate of drug-likeness (QED) is 0.688. The van der Waals surface area contributed by atoms with Gasteiger partial charge in [0.25, 0.3) is 0 Å². The smallest absolute Gasteiger partial charge is 0.103 e. The molecule has 4 nitrogen and oxygen atoms in total. The van der Waals surface area contributed by atoms with Crippen LogP contribution >= 0.6 is 0 Å². The molecule has 1 atom stereocenters. The lowest BCUT2D eigenvalue weighted by molar-refractivity contribution is 0.0554. The molecule has 1 heterocycles. The molecule has 0 saturated carbocycles. The minimum atomic E-state index is -0.984. The summed E-state index contributed by atoms with van der Waals surface area (Å²) < 4.78 is 0. The van der Waals surface area contributed by atoms with Crippen LogP contribution in [0.5, 0.6) is 0 Å². The van der Waals surface area contributed by atoms with E-state index in [4.69, 9.17) is 5.73 Å². The fourth-order valence-electron chi connectivity index (χ4n) is 1.35. The van der Waals surface area contributed by atoms with Crippen LogP contribution in [0.1, 0.15) is 26.3 Å². The number of hydrogen-bond donors (Lipinski definition) is 3. The first-order valence-electron chi connectivity index (χ1n) is 5.09. The average molecular weight is 209 g/mol. The molecular formula is C11H19N3O. The molecule has 0 fully saturated rings. The van der Waals surface area contributed by atoms with Crippen LogP contribution in [-0.2, 0) is 5.60 Å². The first-order chi connectivity index (χ1) is 6.93. The predicted molar refractivity (Wildman–Crippen MR) is 61.4 cm³/mol. The third-order valence-electron chi connectivity index (χ3n) is 2.29. The molecule has 0 aliphatic rings. The van der Waals surface area contributed by atoms with Crippen molar-refractivity contribution >= 4 is 5.69 Å². The third-order valence-corrected chi connectivity index (χ3v) is 2.29. The van der Waals surface area contributed by atoms with Crippen LogP contribution in [0.15, 0.2) is 18.5 Å². The normalized spacial score (nSPS) is 15.3. The highest BCUT2D eigenvalue weighted by molar-refractivity contribution is 5.47. The molecule has 84 valence electrons. The van der Waals surface area contributed by atoms with Gasteiger partial charge < -0.3 is 16.2 Å². The zero-order valence-electron chi connectivity index (χ0n) is 9.49. The van der Waals surface area contributed by atoms with Gasteiger partial charge in [-0.25, -0.2) is 0 Å². The number of nitrogen functional groups attached to an aromatic ring is 1. The maximum absolute atomic E-state index is 10.2. The summed E-state index contributed by atoms with van der Waals surface area (Å²) in [7, 11) is 0. The molecule has 0 saturated heterocycles. The minimum absolute atomic E-state index is 0.328. The number of anilines is 1. The van der Waals surface area contributed by atoms with E-state index in [0.717, 1.165) is 0 Å². The van der Waals surface area contributed by atoms with Crippen LogP contribution in [0.4, 0.5) is 5.69 Å². The van der Waals surface area contributed by atoms with Gasteiger partial charge in [-0.2, -0.15) is 0 Å². The van der Waals surface area contributed by atoms with E-state index in [1.54, 1.807) is 25.4 Å². The summed E-state index contributed by atoms with van der Waals surface area (Å²) in [5, 5.41) is 13.4. The lowest BCUT2D eigenvalue weighted by atomic mass is 9.96. The van der Waals surface area contributed by atoms with Gasteiger partial charge in [0.1, 0.15) is 5.60 Å². The summed E-state index contributed by atoms with van der Waals surface area (Å²) in [6, 6.07) is 2.02. The molecule has 0 amide bonds. The van der Waals surface area contributed by atoms with Gasteiger partial charge in [0, 0.05) is 36.2 Å². The van der Waals surface area contributed by atoms with E-state index in [2.05, 4.69) is 10.3 Å². The summed E-state index contributed by atoms with van der Waals surface area (Å²) in [5.74, 6) is 0. The van der Waals surface area contributed by atoms with Gasteiger partial charge in [0.05, 0.1) is 0 Å². The monoisotopic (exact) mass is 209 g/mol. The van der Waals surface area contributed by atoms with Crippen molar-refractivity contribution in [3.05, 3.63) is 24.0 Å². The second-order valence-corrected chi connectivity index (χ2v) is 4.27. The van der Waals surface area contributed by atoms with E-state index in [0.29, 0.717) is 23.8 Å². The second kappa shape index (κ2) is 4.59. The number of aliphatic hydroxyl groups is 1. The van der Waals surface area contributed by atoms with Crippen molar-refractivity contribution in [3.63, 3.8) is 0 Å². The van der Waals surface area contributed by atoms with Crippen molar-refractivity contribution < 1.29 is 5.11 Å². The first kappa shape index (κ1) is 11.9. The van der Waals surface area contributed by atoms with E-state index in [9.17, 15) is 5.11 Å². The third kappa shape index (κ3) is 3.18. The van der Waals surface area contributed by atoms with E-state index < -0.39 is 5.60 Å². The van der Waals surface area contributed by atoms with Crippen molar-refractivity contribution in [1.82, 2.24) is 10.3 Å². The van der Waals surface area contributed by atoms with Crippen molar-refractivity contribution in [2.75, 3.05) is 12.3 Å². The van der Waals surface area contributed by atoms with Crippen LogP contribution in [0.3, 0.4) is 0 Å². The fraction of sp³-hybridized carbons (Fsp3) is 0.545. The molecule has 0 aliphatic carbocycles. The average Bonchev–Trinajstić information content (AvgIpc) is 2.15. The molecule has 15 heavy (non-hydrogen) atoms. The number of nitrogens with two attached hydrogens (primary N) is 1. The zero-order chi connectivity index (χ0) is 11.5. The van der Waals surface area contributed by atoms with Gasteiger partial charge in [0.15, 0.2) is 0 Å². The van der Waals surface area contributed by atoms with Crippen molar-refractivity contribution in [1.29, 1.82) is 0 Å². The molecule has 1 rings (SSSR count). The van der Waals surface area contributed by atoms with Gasteiger partial charge in [0.2, 0.25) is 0 Å². The van der Waals surface area contributed by atoms with Crippen LogP contribution in [0.2, 0.25) is 0 Å². The van der Waals surface area contributed by atoms with Gasteiger partial charge in [-0.15, -0.1) is 0 Å². The number of nitrogens with one attached hydrogen (secondary N) is 1. The largest absolute Gasteiger partial charge is 0.398 e. The van der Waals surface area contributed by atoms with Crippen LogP contribution in [0.25, 0.3) is 0 Å². The van der Waals surface area contributed by atoms with Crippen molar-refractivity contribution in [2.24, 2.45) is 0 Å². The number of hydrogen-bond acceptors (Lipinski definition) is 4. The molecule has 0 radical (unpaired) electrons. The molecule has 0 aliphatic heterocycles. The molecule has 4 heteroatoms. The number of pyridine rings is 1. The van der Waals surface area contributed by atoms with E-state index in [1.165, 1.54) is 0 Å². The minimum Gasteiger partial charge on any atom is -0.398 e. The Kier molecular flexibility index (Phi) is 3.66. The molecular weight excluding hydrogens is 190 g/mol. The van der Waals surface area contributed by atoms with Gasteiger partial charge in [-0.1, -0.05) is 13.8 Å². The Labute approximate surface area is 90.5 Å². The Balaban J connectivity index is 2.81. The van der Waals surface area contributed by atoms with E-state index >= 15 is 0 Å². The maximum atomic E-state index is 10.2. The Hall–Kier alpha value is -1.13. The summed E-state index contributed by atoms with van der Waals surface area (Å²) >= 11 is 0. The van der Waals surface area contributed by atoms with Crippen molar-refractivity contribution in [3.8, 4) is 0 Å². The van der Waals surface area contributed by atoms with Crippen LogP contribution < -0.4 is 11.1 Å². The highest BCUT2D eigenvalue weighted by Crippen LogP contribution is 2.24. The van der Waals surface area contributed by atoms with E-state index in [1.807, 2.05) is 13.8 Å². The molecule has 0 aromatic carbocycles. The Morgan fingerprint density at radius 2 is 2.27 bits per heavy atom.